The van der Waals surface area contributed by atoms with E-state index in [0.717, 1.165) is 6.42 Å². The average molecular weight is 296 g/mol. The van der Waals surface area contributed by atoms with Crippen molar-refractivity contribution in [3.05, 3.63) is 29.6 Å². The summed E-state index contributed by atoms with van der Waals surface area (Å²) < 4.78 is 18.3. The Balaban J connectivity index is 2.33. The third kappa shape index (κ3) is 6.25. The van der Waals surface area contributed by atoms with Crippen molar-refractivity contribution in [2.45, 2.75) is 26.2 Å². The van der Waals surface area contributed by atoms with Crippen molar-refractivity contribution in [1.29, 1.82) is 0 Å². The van der Waals surface area contributed by atoms with Gasteiger partial charge in [0, 0.05) is 13.0 Å². The molecule has 2 N–H and O–H groups in total. The lowest BCUT2D eigenvalue weighted by Gasteiger charge is -2.07. The molecule has 0 saturated heterocycles. The lowest BCUT2D eigenvalue weighted by atomic mass is 10.1. The molecule has 0 heterocycles. The van der Waals surface area contributed by atoms with Crippen LogP contribution in [0.25, 0.3) is 0 Å². The Hall–Kier alpha value is -2.11. The molecule has 2 amide bonds. The second kappa shape index (κ2) is 8.94. The highest BCUT2D eigenvalue weighted by Gasteiger charge is 2.07. The van der Waals surface area contributed by atoms with Gasteiger partial charge in [-0.2, -0.15) is 0 Å². The van der Waals surface area contributed by atoms with E-state index in [-0.39, 0.29) is 30.5 Å². The van der Waals surface area contributed by atoms with Crippen LogP contribution in [0.5, 0.6) is 5.75 Å². The van der Waals surface area contributed by atoms with Crippen molar-refractivity contribution in [3.63, 3.8) is 0 Å². The maximum Gasteiger partial charge on any atom is 0.239 e. The number of aryl methyl sites for hydroxylation is 1. The Kier molecular flexibility index (Phi) is 7.21. The molecule has 0 bridgehead atoms. The summed E-state index contributed by atoms with van der Waals surface area (Å²) in [5.74, 6) is -0.719. The van der Waals surface area contributed by atoms with Crippen LogP contribution in [0.3, 0.4) is 0 Å². The summed E-state index contributed by atoms with van der Waals surface area (Å²) in [7, 11) is 1.40. The fourth-order valence-electron chi connectivity index (χ4n) is 1.72. The molecule has 0 unspecified atom stereocenters. The van der Waals surface area contributed by atoms with Crippen LogP contribution in [0.4, 0.5) is 4.39 Å². The Bertz CT molecular complexity index is 492. The first kappa shape index (κ1) is 16.9. The molecule has 1 rings (SSSR count). The van der Waals surface area contributed by atoms with E-state index in [1.54, 1.807) is 6.07 Å². The molecule has 1 aromatic carbocycles. The SMILES string of the molecule is CCCNC(=O)CNC(=O)CCc1ccc(OC)c(F)c1. The standard InChI is InChI=1S/C15H21FN2O3/c1-3-8-17-15(20)10-18-14(19)7-5-11-4-6-13(21-2)12(16)9-11/h4,6,9H,3,5,7-8,10H2,1-2H3,(H,17,20)(H,18,19). The first-order chi connectivity index (χ1) is 10.1. The molecular weight excluding hydrogens is 275 g/mol. The van der Waals surface area contributed by atoms with Gasteiger partial charge in [0.05, 0.1) is 13.7 Å². The number of amides is 2. The van der Waals surface area contributed by atoms with Gasteiger partial charge in [-0.3, -0.25) is 9.59 Å². The van der Waals surface area contributed by atoms with Crippen molar-refractivity contribution in [2.75, 3.05) is 20.2 Å². The fourth-order valence-corrected chi connectivity index (χ4v) is 1.72. The van der Waals surface area contributed by atoms with Crippen LogP contribution in [-0.4, -0.2) is 32.0 Å². The van der Waals surface area contributed by atoms with Crippen LogP contribution in [0, 0.1) is 5.82 Å². The van der Waals surface area contributed by atoms with Gasteiger partial charge in [-0.15, -0.1) is 0 Å². The second-order valence-corrected chi connectivity index (χ2v) is 4.60. The van der Waals surface area contributed by atoms with Crippen LogP contribution in [-0.2, 0) is 16.0 Å². The number of rotatable bonds is 8. The predicted molar refractivity (Wildman–Crippen MR) is 77.6 cm³/mol. The van der Waals surface area contributed by atoms with Gasteiger partial charge in [-0.1, -0.05) is 13.0 Å². The van der Waals surface area contributed by atoms with E-state index in [0.29, 0.717) is 18.5 Å². The van der Waals surface area contributed by atoms with Crippen molar-refractivity contribution in [1.82, 2.24) is 10.6 Å². The molecule has 1 aromatic rings. The van der Waals surface area contributed by atoms with Crippen LogP contribution >= 0.6 is 0 Å². The molecule has 0 radical (unpaired) electrons. The summed E-state index contributed by atoms with van der Waals surface area (Å²) in [4.78, 5) is 22.9. The van der Waals surface area contributed by atoms with Crippen molar-refractivity contribution < 1.29 is 18.7 Å². The van der Waals surface area contributed by atoms with Crippen LogP contribution in [0.15, 0.2) is 18.2 Å². The number of carbonyl (C=O) groups excluding carboxylic acids is 2. The van der Waals surface area contributed by atoms with Crippen LogP contribution in [0.2, 0.25) is 0 Å². The Morgan fingerprint density at radius 2 is 2.00 bits per heavy atom. The summed E-state index contributed by atoms with van der Waals surface area (Å²) in [5, 5.41) is 5.19. The quantitative estimate of drug-likeness (QED) is 0.762. The number of methoxy groups -OCH3 is 1. The van der Waals surface area contributed by atoms with Crippen molar-refractivity contribution in [3.8, 4) is 5.75 Å². The zero-order valence-electron chi connectivity index (χ0n) is 12.4. The largest absolute Gasteiger partial charge is 0.494 e. The zero-order valence-corrected chi connectivity index (χ0v) is 12.4. The van der Waals surface area contributed by atoms with Gasteiger partial charge in [0.2, 0.25) is 11.8 Å². The number of hydrogen-bond acceptors (Lipinski definition) is 3. The molecule has 0 fully saturated rings. The molecule has 0 aromatic heterocycles. The van der Waals surface area contributed by atoms with Crippen LogP contribution in [0.1, 0.15) is 25.3 Å². The molecular formula is C15H21FN2O3. The molecule has 0 saturated carbocycles. The number of benzene rings is 1. The van der Waals surface area contributed by atoms with Crippen molar-refractivity contribution >= 4 is 11.8 Å². The van der Waals surface area contributed by atoms with E-state index in [4.69, 9.17) is 4.74 Å². The molecule has 0 atom stereocenters. The highest BCUT2D eigenvalue weighted by atomic mass is 19.1. The van der Waals surface area contributed by atoms with Crippen molar-refractivity contribution in [2.24, 2.45) is 0 Å². The third-order valence-corrected chi connectivity index (χ3v) is 2.88. The molecule has 0 aliphatic rings. The minimum atomic E-state index is -0.450. The molecule has 6 heteroatoms. The lowest BCUT2D eigenvalue weighted by molar-refractivity contribution is -0.126. The molecule has 5 nitrogen and oxygen atoms in total. The monoisotopic (exact) mass is 296 g/mol. The molecule has 116 valence electrons. The number of hydrogen-bond donors (Lipinski definition) is 2. The fraction of sp³-hybridized carbons (Fsp3) is 0.467. The van der Waals surface area contributed by atoms with Gasteiger partial charge in [0.25, 0.3) is 0 Å². The molecule has 21 heavy (non-hydrogen) atoms. The summed E-state index contributed by atoms with van der Waals surface area (Å²) in [6, 6.07) is 4.59. The smallest absolute Gasteiger partial charge is 0.239 e. The minimum Gasteiger partial charge on any atom is -0.494 e. The van der Waals surface area contributed by atoms with E-state index in [1.165, 1.54) is 19.2 Å². The summed E-state index contributed by atoms with van der Waals surface area (Å²) in [6.07, 6.45) is 1.46. The van der Waals surface area contributed by atoms with Crippen LogP contribution < -0.4 is 15.4 Å². The number of halogens is 1. The Labute approximate surface area is 123 Å². The van der Waals surface area contributed by atoms with E-state index in [9.17, 15) is 14.0 Å². The third-order valence-electron chi connectivity index (χ3n) is 2.88. The lowest BCUT2D eigenvalue weighted by Crippen LogP contribution is -2.37. The average Bonchev–Trinajstić information content (AvgIpc) is 2.48. The van der Waals surface area contributed by atoms with E-state index in [1.807, 2.05) is 6.92 Å². The van der Waals surface area contributed by atoms with Gasteiger partial charge >= 0.3 is 0 Å². The van der Waals surface area contributed by atoms with Gasteiger partial charge in [0.15, 0.2) is 11.6 Å². The van der Waals surface area contributed by atoms with E-state index in [2.05, 4.69) is 10.6 Å². The van der Waals surface area contributed by atoms with Gasteiger partial charge < -0.3 is 15.4 Å². The minimum absolute atomic E-state index is 0.0319. The highest BCUT2D eigenvalue weighted by Crippen LogP contribution is 2.18. The summed E-state index contributed by atoms with van der Waals surface area (Å²) in [6.45, 7) is 2.52. The van der Waals surface area contributed by atoms with Gasteiger partial charge in [-0.05, 0) is 30.5 Å². The maximum atomic E-state index is 13.5. The topological polar surface area (TPSA) is 67.4 Å². The first-order valence-corrected chi connectivity index (χ1v) is 6.92. The number of ether oxygens (including phenoxy) is 1. The maximum absolute atomic E-state index is 13.5. The predicted octanol–water partition coefficient (Wildman–Crippen LogP) is 1.41. The molecule has 0 aliphatic heterocycles. The second-order valence-electron chi connectivity index (χ2n) is 4.60. The van der Waals surface area contributed by atoms with Gasteiger partial charge in [-0.25, -0.2) is 4.39 Å². The first-order valence-electron chi connectivity index (χ1n) is 6.92. The Morgan fingerprint density at radius 1 is 1.24 bits per heavy atom. The van der Waals surface area contributed by atoms with E-state index >= 15 is 0 Å². The number of nitrogens with one attached hydrogen (secondary N) is 2. The normalized spacial score (nSPS) is 10.0. The summed E-state index contributed by atoms with van der Waals surface area (Å²) in [5.41, 5.74) is 0.707. The highest BCUT2D eigenvalue weighted by molar-refractivity contribution is 5.84. The summed E-state index contributed by atoms with van der Waals surface area (Å²) >= 11 is 0. The zero-order chi connectivity index (χ0) is 15.7. The number of carbonyl (C=O) groups is 2. The van der Waals surface area contributed by atoms with E-state index < -0.39 is 5.82 Å². The van der Waals surface area contributed by atoms with Gasteiger partial charge in [0.1, 0.15) is 0 Å². The molecule has 0 spiro atoms. The Morgan fingerprint density at radius 3 is 2.62 bits per heavy atom. The molecule has 0 aliphatic carbocycles.